The molecule has 2 aliphatic rings. The number of rotatable bonds is 7. The molecule has 1 saturated carbocycles. The van der Waals surface area contributed by atoms with Crippen LogP contribution in [-0.2, 0) is 0 Å². The molecule has 2 aromatic carbocycles. The molecular formula is C29H29ClN6O2. The number of nitrogens with two attached hydrogens (primary N) is 1. The maximum atomic E-state index is 13.3. The van der Waals surface area contributed by atoms with Crippen LogP contribution < -0.4 is 20.7 Å². The number of halogens is 1. The van der Waals surface area contributed by atoms with Gasteiger partial charge in [0.05, 0.1) is 42.0 Å². The Hall–Kier alpha value is -3.75. The van der Waals surface area contributed by atoms with Crippen molar-refractivity contribution in [1.82, 2.24) is 15.0 Å². The molecule has 9 heteroatoms. The second-order valence-corrected chi connectivity index (χ2v) is 10.5. The van der Waals surface area contributed by atoms with Gasteiger partial charge in [-0.2, -0.15) is 0 Å². The van der Waals surface area contributed by atoms with E-state index in [2.05, 4.69) is 25.2 Å². The third kappa shape index (κ3) is 4.66. The number of ether oxygens (including phenoxy) is 1. The van der Waals surface area contributed by atoms with Crippen LogP contribution in [0.1, 0.15) is 35.2 Å². The molecule has 6 rings (SSSR count). The minimum absolute atomic E-state index is 0.0520. The average molecular weight is 529 g/mol. The standard InChI is InChI=1S/C29H29ClN6O2/c1-16-24(30)10-19(11-26(16)38-2)18-5-6-25-22(9-18)27(23(14-32-25)28(37)17-3-4-17)35-21-12-33-29(34-13-21)36-8-7-20(31)15-36/h5-6,9-14,17,20H,3-4,7-8,15,31H2,1-2H3,(H,32,35). The summed E-state index contributed by atoms with van der Waals surface area (Å²) in [7, 11) is 1.63. The van der Waals surface area contributed by atoms with Crippen LogP contribution in [0.4, 0.5) is 17.3 Å². The SMILES string of the molecule is COc1cc(-c2ccc3ncc(C(=O)C4CC4)c(Nc4cnc(N5CCC(N)C5)nc4)c3c2)cc(Cl)c1C. The minimum atomic E-state index is 0.0520. The normalized spacial score (nSPS) is 17.2. The van der Waals surface area contributed by atoms with Gasteiger partial charge in [-0.15, -0.1) is 0 Å². The molecule has 0 radical (unpaired) electrons. The lowest BCUT2D eigenvalue weighted by Gasteiger charge is -2.17. The summed E-state index contributed by atoms with van der Waals surface area (Å²) in [5, 5.41) is 4.91. The van der Waals surface area contributed by atoms with Crippen molar-refractivity contribution in [3.8, 4) is 16.9 Å². The highest BCUT2D eigenvalue weighted by Crippen LogP contribution is 2.39. The van der Waals surface area contributed by atoms with Crippen LogP contribution in [-0.4, -0.2) is 47.0 Å². The van der Waals surface area contributed by atoms with Crippen LogP contribution in [0.2, 0.25) is 5.02 Å². The molecule has 194 valence electrons. The van der Waals surface area contributed by atoms with Gasteiger partial charge in [0.1, 0.15) is 5.75 Å². The Labute approximate surface area is 226 Å². The van der Waals surface area contributed by atoms with Gasteiger partial charge in [-0.1, -0.05) is 17.7 Å². The van der Waals surface area contributed by atoms with Crippen molar-refractivity contribution < 1.29 is 9.53 Å². The van der Waals surface area contributed by atoms with Crippen LogP contribution in [0, 0.1) is 12.8 Å². The fourth-order valence-corrected chi connectivity index (χ4v) is 5.16. The molecule has 1 aliphatic carbocycles. The lowest BCUT2D eigenvalue weighted by molar-refractivity contribution is 0.0968. The summed E-state index contributed by atoms with van der Waals surface area (Å²) in [4.78, 5) is 29.1. The molecular weight excluding hydrogens is 500 g/mol. The zero-order chi connectivity index (χ0) is 26.4. The topological polar surface area (TPSA) is 106 Å². The van der Waals surface area contributed by atoms with E-state index in [0.717, 1.165) is 65.7 Å². The van der Waals surface area contributed by atoms with Gasteiger partial charge in [0.15, 0.2) is 5.78 Å². The van der Waals surface area contributed by atoms with E-state index in [-0.39, 0.29) is 17.7 Å². The summed E-state index contributed by atoms with van der Waals surface area (Å²) >= 11 is 6.51. The summed E-state index contributed by atoms with van der Waals surface area (Å²) < 4.78 is 5.54. The van der Waals surface area contributed by atoms with Crippen molar-refractivity contribution in [3.63, 3.8) is 0 Å². The van der Waals surface area contributed by atoms with Gasteiger partial charge in [0.2, 0.25) is 5.95 Å². The third-order valence-corrected chi connectivity index (χ3v) is 7.74. The number of ketones is 1. The zero-order valence-electron chi connectivity index (χ0n) is 21.4. The number of anilines is 3. The monoisotopic (exact) mass is 528 g/mol. The van der Waals surface area contributed by atoms with Crippen molar-refractivity contribution in [2.45, 2.75) is 32.2 Å². The summed E-state index contributed by atoms with van der Waals surface area (Å²) in [5.74, 6) is 1.54. The smallest absolute Gasteiger partial charge is 0.225 e. The summed E-state index contributed by atoms with van der Waals surface area (Å²) in [6, 6.07) is 10.0. The Morgan fingerprint density at radius 3 is 2.55 bits per heavy atom. The average Bonchev–Trinajstić information content (AvgIpc) is 3.70. The highest BCUT2D eigenvalue weighted by atomic mass is 35.5. The van der Waals surface area contributed by atoms with Crippen molar-refractivity contribution in [2.24, 2.45) is 11.7 Å². The van der Waals surface area contributed by atoms with Crippen molar-refractivity contribution in [3.05, 3.63) is 65.1 Å². The molecule has 3 N–H and O–H groups in total. The number of hydrogen-bond acceptors (Lipinski definition) is 8. The summed E-state index contributed by atoms with van der Waals surface area (Å²) in [6.45, 7) is 3.52. The first-order valence-electron chi connectivity index (χ1n) is 12.8. The van der Waals surface area contributed by atoms with Gasteiger partial charge >= 0.3 is 0 Å². The number of carbonyl (C=O) groups excluding carboxylic acids is 1. The number of methoxy groups -OCH3 is 1. The molecule has 2 fully saturated rings. The Balaban J connectivity index is 1.42. The highest BCUT2D eigenvalue weighted by molar-refractivity contribution is 6.31. The predicted molar refractivity (Wildman–Crippen MR) is 151 cm³/mol. The Morgan fingerprint density at radius 2 is 1.87 bits per heavy atom. The first-order chi connectivity index (χ1) is 18.4. The van der Waals surface area contributed by atoms with Crippen LogP contribution >= 0.6 is 11.6 Å². The van der Waals surface area contributed by atoms with Crippen LogP contribution in [0.15, 0.2) is 48.9 Å². The maximum Gasteiger partial charge on any atom is 0.225 e. The van der Waals surface area contributed by atoms with Gasteiger partial charge in [-0.25, -0.2) is 9.97 Å². The third-order valence-electron chi connectivity index (χ3n) is 7.35. The number of carbonyl (C=O) groups is 1. The lowest BCUT2D eigenvalue weighted by atomic mass is 9.98. The molecule has 1 atom stereocenters. The number of fused-ring (bicyclic) bond motifs is 1. The van der Waals surface area contributed by atoms with Crippen LogP contribution in [0.3, 0.4) is 0 Å². The van der Waals surface area contributed by atoms with E-state index in [4.69, 9.17) is 22.1 Å². The number of pyridine rings is 1. The molecule has 1 unspecified atom stereocenters. The zero-order valence-corrected chi connectivity index (χ0v) is 22.1. The van der Waals surface area contributed by atoms with E-state index in [0.29, 0.717) is 27.9 Å². The molecule has 4 aromatic rings. The highest BCUT2D eigenvalue weighted by Gasteiger charge is 2.32. The molecule has 1 saturated heterocycles. The van der Waals surface area contributed by atoms with E-state index in [9.17, 15) is 4.79 Å². The molecule has 0 bridgehead atoms. The number of hydrogen-bond donors (Lipinski definition) is 2. The first-order valence-corrected chi connectivity index (χ1v) is 13.2. The van der Waals surface area contributed by atoms with Gasteiger partial charge < -0.3 is 20.7 Å². The Kier molecular flexibility index (Phi) is 6.37. The second-order valence-electron chi connectivity index (χ2n) is 10.1. The molecule has 8 nitrogen and oxygen atoms in total. The fraction of sp³-hybridized carbons (Fsp3) is 0.310. The maximum absolute atomic E-state index is 13.3. The van der Waals surface area contributed by atoms with Gasteiger partial charge in [-0.3, -0.25) is 9.78 Å². The van der Waals surface area contributed by atoms with Crippen LogP contribution in [0.25, 0.3) is 22.0 Å². The van der Waals surface area contributed by atoms with Gasteiger partial charge in [-0.05, 0) is 61.6 Å². The molecule has 1 aliphatic heterocycles. The molecule has 0 amide bonds. The van der Waals surface area contributed by atoms with E-state index >= 15 is 0 Å². The first kappa shape index (κ1) is 24.6. The minimum Gasteiger partial charge on any atom is -0.496 e. The number of nitrogens with zero attached hydrogens (tertiary/aromatic N) is 4. The number of Topliss-reactive ketones (excluding diaryl/α,β-unsaturated/α-hetero) is 1. The lowest BCUT2D eigenvalue weighted by Crippen LogP contribution is -2.27. The van der Waals surface area contributed by atoms with Gasteiger partial charge in [0, 0.05) is 47.2 Å². The van der Waals surface area contributed by atoms with E-state index < -0.39 is 0 Å². The quantitative estimate of drug-likeness (QED) is 0.301. The van der Waals surface area contributed by atoms with Crippen molar-refractivity contribution in [2.75, 3.05) is 30.4 Å². The second kappa shape index (κ2) is 9.85. The predicted octanol–water partition coefficient (Wildman–Crippen LogP) is 5.54. The fourth-order valence-electron chi connectivity index (χ4n) is 4.95. The van der Waals surface area contributed by atoms with E-state index in [1.807, 2.05) is 37.3 Å². The number of benzene rings is 2. The van der Waals surface area contributed by atoms with Crippen LogP contribution in [0.5, 0.6) is 5.75 Å². The van der Waals surface area contributed by atoms with Crippen molar-refractivity contribution >= 4 is 45.6 Å². The van der Waals surface area contributed by atoms with Gasteiger partial charge in [0.25, 0.3) is 0 Å². The summed E-state index contributed by atoms with van der Waals surface area (Å²) in [6.07, 6.45) is 7.93. The largest absolute Gasteiger partial charge is 0.496 e. The van der Waals surface area contributed by atoms with E-state index in [1.165, 1.54) is 0 Å². The molecule has 3 heterocycles. The van der Waals surface area contributed by atoms with E-state index in [1.54, 1.807) is 25.7 Å². The summed E-state index contributed by atoms with van der Waals surface area (Å²) in [5.41, 5.74) is 11.5. The number of nitrogens with one attached hydrogen (secondary N) is 1. The number of aromatic nitrogens is 3. The molecule has 2 aromatic heterocycles. The molecule has 0 spiro atoms. The molecule has 38 heavy (non-hydrogen) atoms. The Bertz CT molecular complexity index is 1540. The Morgan fingerprint density at radius 1 is 1.08 bits per heavy atom. The van der Waals surface area contributed by atoms with Crippen molar-refractivity contribution in [1.29, 1.82) is 0 Å².